The van der Waals surface area contributed by atoms with Crippen molar-refractivity contribution in [3.05, 3.63) is 42.0 Å². The van der Waals surface area contributed by atoms with E-state index < -0.39 is 5.91 Å². The highest BCUT2D eigenvalue weighted by molar-refractivity contribution is 6.06. The molecule has 1 heterocycles. The molecular weight excluding hydrogens is 242 g/mol. The highest BCUT2D eigenvalue weighted by Gasteiger charge is 2.14. The van der Waals surface area contributed by atoms with Crippen molar-refractivity contribution in [2.75, 3.05) is 7.11 Å². The quantitative estimate of drug-likeness (QED) is 0.707. The Morgan fingerprint density at radius 1 is 1.05 bits per heavy atom. The number of nitrogens with zero attached hydrogens (tertiary/aromatic N) is 2. The van der Waals surface area contributed by atoms with Gasteiger partial charge in [-0.3, -0.25) is 4.79 Å². The van der Waals surface area contributed by atoms with Crippen LogP contribution >= 0.6 is 0 Å². The number of primary amides is 1. The summed E-state index contributed by atoms with van der Waals surface area (Å²) in [6, 6.07) is 10.7. The Hall–Kier alpha value is -2.69. The third-order valence-corrected chi connectivity index (χ3v) is 2.95. The van der Waals surface area contributed by atoms with E-state index >= 15 is 0 Å². The normalized spacial score (nSPS) is 10.8. The van der Waals surface area contributed by atoms with Crippen LogP contribution in [0.2, 0.25) is 0 Å². The van der Waals surface area contributed by atoms with Gasteiger partial charge in [0.2, 0.25) is 0 Å². The minimum Gasteiger partial charge on any atom is -0.494 e. The molecular formula is C14H11N3O2. The molecule has 0 saturated carbocycles. The average molecular weight is 253 g/mol. The van der Waals surface area contributed by atoms with Gasteiger partial charge in [-0.2, -0.15) is 0 Å². The van der Waals surface area contributed by atoms with Gasteiger partial charge in [-0.15, -0.1) is 0 Å². The topological polar surface area (TPSA) is 78.1 Å². The van der Waals surface area contributed by atoms with Crippen LogP contribution in [0.15, 0.2) is 36.4 Å². The molecule has 3 rings (SSSR count). The highest BCUT2D eigenvalue weighted by atomic mass is 16.5. The van der Waals surface area contributed by atoms with Crippen molar-refractivity contribution >= 4 is 28.0 Å². The van der Waals surface area contributed by atoms with Gasteiger partial charge in [0.25, 0.3) is 5.91 Å². The summed E-state index contributed by atoms with van der Waals surface area (Å²) >= 11 is 0. The first kappa shape index (κ1) is 11.4. The van der Waals surface area contributed by atoms with Crippen molar-refractivity contribution < 1.29 is 9.53 Å². The first-order chi connectivity index (χ1) is 9.20. The van der Waals surface area contributed by atoms with Crippen molar-refractivity contribution in [3.8, 4) is 5.75 Å². The molecule has 2 aromatic carbocycles. The van der Waals surface area contributed by atoms with Crippen LogP contribution in [0, 0.1) is 0 Å². The van der Waals surface area contributed by atoms with Crippen molar-refractivity contribution in [3.63, 3.8) is 0 Å². The van der Waals surface area contributed by atoms with Crippen LogP contribution in [0.1, 0.15) is 10.4 Å². The van der Waals surface area contributed by atoms with E-state index in [1.54, 1.807) is 19.2 Å². The molecule has 5 heteroatoms. The Balaban J connectivity index is 2.49. The standard InChI is InChI=1S/C14H11N3O2/c1-19-11-7-6-8(14(15)18)12-13(11)17-10-5-3-2-4-9(10)16-12/h2-7H,1H3,(H2,15,18). The number of aromatic nitrogens is 2. The molecule has 94 valence electrons. The van der Waals surface area contributed by atoms with E-state index in [2.05, 4.69) is 9.97 Å². The maximum atomic E-state index is 11.5. The molecule has 0 aliphatic rings. The SMILES string of the molecule is COc1ccc(C(N)=O)c2nc3ccccc3nc12. The summed E-state index contributed by atoms with van der Waals surface area (Å²) in [5, 5.41) is 0. The van der Waals surface area contributed by atoms with Crippen molar-refractivity contribution in [1.82, 2.24) is 9.97 Å². The van der Waals surface area contributed by atoms with Crippen LogP contribution in [-0.4, -0.2) is 23.0 Å². The Kier molecular flexibility index (Phi) is 2.52. The number of benzene rings is 2. The zero-order valence-corrected chi connectivity index (χ0v) is 10.3. The number of ether oxygens (including phenoxy) is 1. The molecule has 0 aliphatic carbocycles. The second-order valence-corrected chi connectivity index (χ2v) is 4.09. The van der Waals surface area contributed by atoms with Crippen LogP contribution in [-0.2, 0) is 0 Å². The van der Waals surface area contributed by atoms with Crippen LogP contribution in [0.5, 0.6) is 5.75 Å². The Labute approximate surface area is 109 Å². The molecule has 1 amide bonds. The van der Waals surface area contributed by atoms with Gasteiger partial charge in [-0.1, -0.05) is 12.1 Å². The molecule has 5 nitrogen and oxygen atoms in total. The summed E-state index contributed by atoms with van der Waals surface area (Å²) in [7, 11) is 1.55. The second kappa shape index (κ2) is 4.20. The minimum absolute atomic E-state index is 0.342. The van der Waals surface area contributed by atoms with E-state index in [-0.39, 0.29) is 0 Å². The lowest BCUT2D eigenvalue weighted by Gasteiger charge is -2.08. The summed E-state index contributed by atoms with van der Waals surface area (Å²) in [5.74, 6) is 0.0375. The predicted molar refractivity (Wildman–Crippen MR) is 72.1 cm³/mol. The van der Waals surface area contributed by atoms with Crippen molar-refractivity contribution in [2.45, 2.75) is 0 Å². The van der Waals surface area contributed by atoms with Gasteiger partial charge in [0, 0.05) is 0 Å². The van der Waals surface area contributed by atoms with Crippen LogP contribution in [0.3, 0.4) is 0 Å². The molecule has 0 unspecified atom stereocenters. The molecule has 1 aromatic heterocycles. The summed E-state index contributed by atoms with van der Waals surface area (Å²) in [6.07, 6.45) is 0. The van der Waals surface area contributed by atoms with E-state index in [0.29, 0.717) is 27.9 Å². The monoisotopic (exact) mass is 253 g/mol. The number of carbonyl (C=O) groups excluding carboxylic acids is 1. The number of hydrogen-bond donors (Lipinski definition) is 1. The fourth-order valence-corrected chi connectivity index (χ4v) is 2.04. The van der Waals surface area contributed by atoms with Gasteiger partial charge in [-0.25, -0.2) is 9.97 Å². The van der Waals surface area contributed by atoms with E-state index in [1.165, 1.54) is 0 Å². The zero-order chi connectivity index (χ0) is 13.4. The number of amides is 1. The van der Waals surface area contributed by atoms with Crippen LogP contribution in [0.4, 0.5) is 0 Å². The Morgan fingerprint density at radius 3 is 2.26 bits per heavy atom. The fraction of sp³-hybridized carbons (Fsp3) is 0.0714. The van der Waals surface area contributed by atoms with Crippen LogP contribution in [0.25, 0.3) is 22.1 Å². The molecule has 0 fully saturated rings. The number of rotatable bonds is 2. The number of hydrogen-bond acceptors (Lipinski definition) is 4. The highest BCUT2D eigenvalue weighted by Crippen LogP contribution is 2.27. The van der Waals surface area contributed by atoms with E-state index in [0.717, 1.165) is 5.52 Å². The zero-order valence-electron chi connectivity index (χ0n) is 10.3. The van der Waals surface area contributed by atoms with Gasteiger partial charge >= 0.3 is 0 Å². The largest absolute Gasteiger partial charge is 0.494 e. The number of methoxy groups -OCH3 is 1. The second-order valence-electron chi connectivity index (χ2n) is 4.09. The molecule has 0 bridgehead atoms. The molecule has 0 aliphatic heterocycles. The van der Waals surface area contributed by atoms with E-state index in [9.17, 15) is 4.79 Å². The Bertz CT molecular complexity index is 799. The fourth-order valence-electron chi connectivity index (χ4n) is 2.04. The molecule has 0 atom stereocenters. The van der Waals surface area contributed by atoms with Crippen molar-refractivity contribution in [2.24, 2.45) is 5.73 Å². The maximum absolute atomic E-state index is 11.5. The van der Waals surface area contributed by atoms with E-state index in [4.69, 9.17) is 10.5 Å². The number of nitrogens with two attached hydrogens (primary N) is 1. The van der Waals surface area contributed by atoms with Crippen molar-refractivity contribution in [1.29, 1.82) is 0 Å². The van der Waals surface area contributed by atoms with Gasteiger partial charge < -0.3 is 10.5 Å². The first-order valence-electron chi connectivity index (χ1n) is 5.74. The molecule has 0 saturated heterocycles. The van der Waals surface area contributed by atoms with Gasteiger partial charge in [0.05, 0.1) is 23.7 Å². The third kappa shape index (κ3) is 1.76. The predicted octanol–water partition coefficient (Wildman–Crippen LogP) is 1.89. The lowest BCUT2D eigenvalue weighted by atomic mass is 10.1. The van der Waals surface area contributed by atoms with E-state index in [1.807, 2.05) is 24.3 Å². The molecule has 0 spiro atoms. The lowest BCUT2D eigenvalue weighted by Crippen LogP contribution is -2.12. The molecule has 19 heavy (non-hydrogen) atoms. The number of para-hydroxylation sites is 2. The van der Waals surface area contributed by atoms with Gasteiger partial charge in [0.1, 0.15) is 16.8 Å². The van der Waals surface area contributed by atoms with Gasteiger partial charge in [0.15, 0.2) is 0 Å². The molecule has 2 N–H and O–H groups in total. The lowest BCUT2D eigenvalue weighted by molar-refractivity contribution is 0.100. The summed E-state index contributed by atoms with van der Waals surface area (Å²) in [4.78, 5) is 20.4. The summed E-state index contributed by atoms with van der Waals surface area (Å²) < 4.78 is 5.26. The smallest absolute Gasteiger partial charge is 0.250 e. The minimum atomic E-state index is -0.530. The third-order valence-electron chi connectivity index (χ3n) is 2.95. The van der Waals surface area contributed by atoms with Gasteiger partial charge in [-0.05, 0) is 24.3 Å². The number of fused-ring (bicyclic) bond motifs is 2. The average Bonchev–Trinajstić information content (AvgIpc) is 2.43. The summed E-state index contributed by atoms with van der Waals surface area (Å²) in [5.41, 5.74) is 8.17. The summed E-state index contributed by atoms with van der Waals surface area (Å²) in [6.45, 7) is 0. The Morgan fingerprint density at radius 2 is 1.68 bits per heavy atom. The maximum Gasteiger partial charge on any atom is 0.250 e. The number of carbonyl (C=O) groups is 1. The first-order valence-corrected chi connectivity index (χ1v) is 5.74. The molecule has 0 radical (unpaired) electrons. The van der Waals surface area contributed by atoms with Crippen LogP contribution < -0.4 is 10.5 Å². The molecule has 3 aromatic rings.